The number of alkyl halides is 2. The summed E-state index contributed by atoms with van der Waals surface area (Å²) >= 11 is 0. The molecule has 0 saturated heterocycles. The predicted molar refractivity (Wildman–Crippen MR) is 50.2 cm³/mol. The highest BCUT2D eigenvalue weighted by Crippen LogP contribution is 2.21. The van der Waals surface area contributed by atoms with Crippen LogP contribution in [0.15, 0.2) is 6.07 Å². The first-order chi connectivity index (χ1) is 7.25. The molecule has 0 radical (unpaired) electrons. The zero-order chi connectivity index (χ0) is 10.7. The van der Waals surface area contributed by atoms with Crippen LogP contribution in [0, 0.1) is 0 Å². The number of hydrogen-bond donors (Lipinski definition) is 0. The fourth-order valence-electron chi connectivity index (χ4n) is 1.69. The summed E-state index contributed by atoms with van der Waals surface area (Å²) in [6.45, 7) is -0.618. The zero-order valence-corrected chi connectivity index (χ0v) is 8.25. The van der Waals surface area contributed by atoms with Gasteiger partial charge in [0.25, 0.3) is 6.43 Å². The Morgan fingerprint density at radius 1 is 1.27 bits per heavy atom. The Balaban J connectivity index is 2.07. The van der Waals surface area contributed by atoms with E-state index in [-0.39, 0.29) is 5.88 Å². The van der Waals surface area contributed by atoms with Gasteiger partial charge < -0.3 is 4.74 Å². The molecule has 82 valence electrons. The van der Waals surface area contributed by atoms with Crippen LogP contribution in [0.5, 0.6) is 5.88 Å². The van der Waals surface area contributed by atoms with Crippen molar-refractivity contribution in [2.45, 2.75) is 32.1 Å². The predicted octanol–water partition coefficient (Wildman–Crippen LogP) is 2.00. The highest BCUT2D eigenvalue weighted by atomic mass is 19.3. The van der Waals surface area contributed by atoms with Crippen molar-refractivity contribution in [3.8, 4) is 5.88 Å². The maximum atomic E-state index is 11.9. The van der Waals surface area contributed by atoms with E-state index in [1.54, 1.807) is 6.07 Å². The molecule has 0 bridgehead atoms. The third-order valence-corrected chi connectivity index (χ3v) is 2.40. The Hall–Kier alpha value is -1.26. The quantitative estimate of drug-likeness (QED) is 0.771. The Bertz CT molecular complexity index is 344. The molecule has 3 nitrogen and oxygen atoms in total. The molecular weight excluding hydrogens is 202 g/mol. The number of halogens is 2. The van der Waals surface area contributed by atoms with Crippen LogP contribution in [-0.4, -0.2) is 23.2 Å². The second-order valence-corrected chi connectivity index (χ2v) is 3.56. The molecule has 1 aromatic heterocycles. The Kier molecular flexibility index (Phi) is 3.08. The van der Waals surface area contributed by atoms with E-state index in [4.69, 9.17) is 4.74 Å². The van der Waals surface area contributed by atoms with Gasteiger partial charge in [-0.25, -0.2) is 8.78 Å². The fourth-order valence-corrected chi connectivity index (χ4v) is 1.69. The van der Waals surface area contributed by atoms with Crippen molar-refractivity contribution < 1.29 is 13.5 Å². The molecule has 0 fully saturated rings. The van der Waals surface area contributed by atoms with E-state index in [1.807, 2.05) is 0 Å². The first-order valence-corrected chi connectivity index (χ1v) is 5.02. The number of hydrogen-bond acceptors (Lipinski definition) is 3. The molecule has 0 saturated carbocycles. The summed E-state index contributed by atoms with van der Waals surface area (Å²) in [5, 5.41) is 7.74. The summed E-state index contributed by atoms with van der Waals surface area (Å²) < 4.78 is 28.6. The van der Waals surface area contributed by atoms with Gasteiger partial charge in [-0.05, 0) is 31.2 Å². The van der Waals surface area contributed by atoms with E-state index < -0.39 is 13.0 Å². The van der Waals surface area contributed by atoms with Crippen molar-refractivity contribution in [2.24, 2.45) is 0 Å². The summed E-state index contributed by atoms with van der Waals surface area (Å²) in [6.07, 6.45) is 1.64. The topological polar surface area (TPSA) is 35.0 Å². The summed E-state index contributed by atoms with van der Waals surface area (Å²) in [5.41, 5.74) is 2.06. The van der Waals surface area contributed by atoms with Crippen molar-refractivity contribution in [3.05, 3.63) is 17.3 Å². The summed E-state index contributed by atoms with van der Waals surface area (Å²) in [6, 6.07) is 1.73. The van der Waals surface area contributed by atoms with Crippen molar-refractivity contribution >= 4 is 0 Å². The summed E-state index contributed by atoms with van der Waals surface area (Å²) in [4.78, 5) is 0. The van der Waals surface area contributed by atoms with Gasteiger partial charge in [-0.3, -0.25) is 0 Å². The Morgan fingerprint density at radius 3 is 2.87 bits per heavy atom. The molecule has 0 unspecified atom stereocenters. The average molecular weight is 214 g/mol. The molecule has 1 aromatic rings. The average Bonchev–Trinajstić information content (AvgIpc) is 2.26. The third kappa shape index (κ3) is 2.61. The lowest BCUT2D eigenvalue weighted by Gasteiger charge is -2.14. The number of ether oxygens (including phenoxy) is 1. The van der Waals surface area contributed by atoms with Crippen LogP contribution in [-0.2, 0) is 12.8 Å². The fraction of sp³-hybridized carbons (Fsp3) is 0.600. The van der Waals surface area contributed by atoms with E-state index in [1.165, 1.54) is 0 Å². The van der Waals surface area contributed by atoms with Crippen LogP contribution >= 0.6 is 0 Å². The van der Waals surface area contributed by atoms with Crippen LogP contribution in [0.1, 0.15) is 24.1 Å². The molecule has 0 atom stereocenters. The second-order valence-electron chi connectivity index (χ2n) is 3.56. The maximum absolute atomic E-state index is 11.9. The van der Waals surface area contributed by atoms with Crippen LogP contribution in [0.2, 0.25) is 0 Å². The molecular formula is C10H12F2N2O. The summed E-state index contributed by atoms with van der Waals surface area (Å²) in [5.74, 6) is 0.205. The minimum absolute atomic E-state index is 0.205. The van der Waals surface area contributed by atoms with Gasteiger partial charge in [0.15, 0.2) is 6.61 Å². The number of aromatic nitrogens is 2. The monoisotopic (exact) mass is 214 g/mol. The van der Waals surface area contributed by atoms with Gasteiger partial charge in [-0.2, -0.15) is 5.10 Å². The molecule has 2 rings (SSSR count). The second kappa shape index (κ2) is 4.51. The van der Waals surface area contributed by atoms with Gasteiger partial charge in [0.2, 0.25) is 5.88 Å². The molecule has 15 heavy (non-hydrogen) atoms. The Labute approximate surface area is 86.5 Å². The molecule has 0 spiro atoms. The van der Waals surface area contributed by atoms with Crippen LogP contribution in [0.25, 0.3) is 0 Å². The maximum Gasteiger partial charge on any atom is 0.272 e. The smallest absolute Gasteiger partial charge is 0.272 e. The Morgan fingerprint density at radius 2 is 2.07 bits per heavy atom. The highest BCUT2D eigenvalue weighted by Gasteiger charge is 2.13. The molecule has 1 aliphatic rings. The number of fused-ring (bicyclic) bond motifs is 1. The minimum atomic E-state index is -2.47. The lowest BCUT2D eigenvalue weighted by molar-refractivity contribution is 0.0789. The first kappa shape index (κ1) is 10.3. The van der Waals surface area contributed by atoms with Gasteiger partial charge in [0.05, 0.1) is 5.69 Å². The van der Waals surface area contributed by atoms with Gasteiger partial charge in [-0.1, -0.05) is 0 Å². The summed E-state index contributed by atoms with van der Waals surface area (Å²) in [7, 11) is 0. The van der Waals surface area contributed by atoms with Gasteiger partial charge in [0, 0.05) is 6.07 Å². The molecule has 0 aromatic carbocycles. The number of rotatable bonds is 3. The zero-order valence-electron chi connectivity index (χ0n) is 8.25. The van der Waals surface area contributed by atoms with Crippen LogP contribution in [0.3, 0.4) is 0 Å². The van der Waals surface area contributed by atoms with Crippen molar-refractivity contribution in [2.75, 3.05) is 6.61 Å². The number of nitrogens with zero attached hydrogens (tertiary/aromatic N) is 2. The molecule has 1 aliphatic carbocycles. The highest BCUT2D eigenvalue weighted by molar-refractivity contribution is 5.26. The van der Waals surface area contributed by atoms with Gasteiger partial charge >= 0.3 is 0 Å². The minimum Gasteiger partial charge on any atom is -0.471 e. The van der Waals surface area contributed by atoms with Crippen LogP contribution in [0.4, 0.5) is 8.78 Å². The molecule has 0 amide bonds. The van der Waals surface area contributed by atoms with E-state index in [0.717, 1.165) is 36.9 Å². The standard InChI is InChI=1S/C10H12F2N2O/c11-9(12)6-15-10-5-7-3-1-2-4-8(7)13-14-10/h5,9H,1-4,6H2. The van der Waals surface area contributed by atoms with Gasteiger partial charge in [-0.15, -0.1) is 5.10 Å². The molecule has 0 aliphatic heterocycles. The molecule has 0 N–H and O–H groups in total. The lowest BCUT2D eigenvalue weighted by Crippen LogP contribution is -2.11. The van der Waals surface area contributed by atoms with Crippen molar-refractivity contribution in [1.29, 1.82) is 0 Å². The molecule has 1 heterocycles. The first-order valence-electron chi connectivity index (χ1n) is 5.02. The largest absolute Gasteiger partial charge is 0.471 e. The normalized spacial score (nSPS) is 15.1. The van der Waals surface area contributed by atoms with Crippen molar-refractivity contribution in [3.63, 3.8) is 0 Å². The SMILES string of the molecule is FC(F)COc1cc2c(nn1)CCCC2. The lowest BCUT2D eigenvalue weighted by atomic mass is 9.97. The van der Waals surface area contributed by atoms with E-state index in [2.05, 4.69) is 10.2 Å². The van der Waals surface area contributed by atoms with Gasteiger partial charge in [0.1, 0.15) is 0 Å². The third-order valence-electron chi connectivity index (χ3n) is 2.40. The van der Waals surface area contributed by atoms with E-state index in [9.17, 15) is 8.78 Å². The van der Waals surface area contributed by atoms with E-state index in [0.29, 0.717) is 0 Å². The van der Waals surface area contributed by atoms with Crippen LogP contribution < -0.4 is 4.74 Å². The van der Waals surface area contributed by atoms with Crippen molar-refractivity contribution in [1.82, 2.24) is 10.2 Å². The number of aryl methyl sites for hydroxylation is 2. The van der Waals surface area contributed by atoms with E-state index >= 15 is 0 Å². The molecule has 5 heteroatoms.